The Morgan fingerprint density at radius 3 is 2.24 bits per heavy atom. The Morgan fingerprint density at radius 2 is 1.56 bits per heavy atom. The third-order valence-electron chi connectivity index (χ3n) is 5.21. The van der Waals surface area contributed by atoms with E-state index in [0.717, 1.165) is 22.2 Å². The van der Waals surface area contributed by atoms with Gasteiger partial charge in [-0.25, -0.2) is 4.98 Å². The van der Waals surface area contributed by atoms with Gasteiger partial charge in [0.05, 0.1) is 26.6 Å². The number of aliphatic carboxylic acids is 1. The number of benzene rings is 3. The molecule has 0 atom stereocenters. The van der Waals surface area contributed by atoms with Crippen LogP contribution in [0.25, 0.3) is 45.3 Å². The summed E-state index contributed by atoms with van der Waals surface area (Å²) in [5.74, 6) is 0.366. The van der Waals surface area contributed by atoms with Crippen LogP contribution in [-0.2, 0) is 11.2 Å². The standard InChI is InChI=1S/C24H15Cl3N4O3/c25-15-5-2-13(3-6-15)23-30-31-24(34-23)14-4-7-18-19(11-14)29-22(28-18)21-16(26)9-12(10-17(21)27)1-8-20(32)33/h2-7,9-11H,1,8H2,(H,28,29)(H,32,33). The second-order valence-electron chi connectivity index (χ2n) is 7.56. The van der Waals surface area contributed by atoms with Crippen LogP contribution in [0.2, 0.25) is 15.1 Å². The minimum absolute atomic E-state index is 0.00514. The van der Waals surface area contributed by atoms with Gasteiger partial charge in [0.1, 0.15) is 5.82 Å². The molecule has 2 heterocycles. The van der Waals surface area contributed by atoms with Gasteiger partial charge in [-0.15, -0.1) is 10.2 Å². The molecule has 0 spiro atoms. The summed E-state index contributed by atoms with van der Waals surface area (Å²) in [4.78, 5) is 18.7. The Kier molecular flexibility index (Phi) is 6.00. The van der Waals surface area contributed by atoms with Crippen molar-refractivity contribution in [3.05, 3.63) is 75.2 Å². The number of imidazole rings is 1. The number of halogens is 3. The molecule has 0 saturated heterocycles. The molecule has 2 aromatic heterocycles. The quantitative estimate of drug-likeness (QED) is 0.255. The zero-order valence-electron chi connectivity index (χ0n) is 17.3. The Labute approximate surface area is 208 Å². The highest BCUT2D eigenvalue weighted by Gasteiger charge is 2.17. The van der Waals surface area contributed by atoms with Crippen molar-refractivity contribution in [2.75, 3.05) is 0 Å². The van der Waals surface area contributed by atoms with Crippen LogP contribution >= 0.6 is 34.8 Å². The maximum absolute atomic E-state index is 10.8. The molecular weight excluding hydrogens is 499 g/mol. The van der Waals surface area contributed by atoms with E-state index in [0.29, 0.717) is 50.2 Å². The lowest BCUT2D eigenvalue weighted by Gasteiger charge is -2.07. The summed E-state index contributed by atoms with van der Waals surface area (Å²) in [6, 6.07) is 16.1. The van der Waals surface area contributed by atoms with Gasteiger partial charge in [0.25, 0.3) is 0 Å². The minimum Gasteiger partial charge on any atom is -0.481 e. The first-order valence-electron chi connectivity index (χ1n) is 10.2. The Bertz CT molecular complexity index is 1500. The Morgan fingerprint density at radius 1 is 0.912 bits per heavy atom. The fraction of sp³-hybridized carbons (Fsp3) is 0.0833. The van der Waals surface area contributed by atoms with Crippen molar-refractivity contribution in [3.63, 3.8) is 0 Å². The SMILES string of the molecule is O=C(O)CCc1cc(Cl)c(-c2nc3ccc(-c4nnc(-c5ccc(Cl)cc5)o4)cc3[nH]2)c(Cl)c1. The molecule has 5 aromatic rings. The molecule has 0 aliphatic heterocycles. The lowest BCUT2D eigenvalue weighted by Crippen LogP contribution is -1.98. The van der Waals surface area contributed by atoms with E-state index in [2.05, 4.69) is 20.2 Å². The molecule has 0 aliphatic rings. The molecule has 0 fully saturated rings. The normalized spacial score (nSPS) is 11.3. The van der Waals surface area contributed by atoms with Gasteiger partial charge in [0.2, 0.25) is 11.8 Å². The molecule has 0 bridgehead atoms. The van der Waals surface area contributed by atoms with E-state index in [1.54, 1.807) is 24.3 Å². The van der Waals surface area contributed by atoms with Gasteiger partial charge in [0, 0.05) is 22.6 Å². The van der Waals surface area contributed by atoms with Crippen molar-refractivity contribution in [2.45, 2.75) is 12.8 Å². The maximum Gasteiger partial charge on any atom is 0.303 e. The number of aromatic amines is 1. The molecule has 0 radical (unpaired) electrons. The largest absolute Gasteiger partial charge is 0.481 e. The zero-order chi connectivity index (χ0) is 23.8. The van der Waals surface area contributed by atoms with Crippen LogP contribution in [0.3, 0.4) is 0 Å². The third kappa shape index (κ3) is 4.50. The van der Waals surface area contributed by atoms with Crippen molar-refractivity contribution in [1.82, 2.24) is 20.2 Å². The second-order valence-corrected chi connectivity index (χ2v) is 8.82. The molecule has 3 aromatic carbocycles. The molecule has 10 heteroatoms. The third-order valence-corrected chi connectivity index (χ3v) is 6.06. The predicted octanol–water partition coefficient (Wildman–Crippen LogP) is 6.92. The lowest BCUT2D eigenvalue weighted by molar-refractivity contribution is -0.136. The summed E-state index contributed by atoms with van der Waals surface area (Å²) in [6.07, 6.45) is 0.329. The number of hydrogen-bond donors (Lipinski definition) is 2. The van der Waals surface area contributed by atoms with Gasteiger partial charge in [-0.1, -0.05) is 34.8 Å². The van der Waals surface area contributed by atoms with Crippen molar-refractivity contribution in [3.8, 4) is 34.3 Å². The lowest BCUT2D eigenvalue weighted by atomic mass is 10.1. The number of carboxylic acid groups (broad SMARTS) is 1. The fourth-order valence-electron chi connectivity index (χ4n) is 3.56. The highest BCUT2D eigenvalue weighted by Crippen LogP contribution is 2.36. The number of nitrogens with one attached hydrogen (secondary N) is 1. The number of fused-ring (bicyclic) bond motifs is 1. The van der Waals surface area contributed by atoms with E-state index in [9.17, 15) is 4.79 Å². The van der Waals surface area contributed by atoms with Crippen LogP contribution in [-0.4, -0.2) is 31.2 Å². The number of nitrogens with zero attached hydrogens (tertiary/aromatic N) is 3. The molecule has 34 heavy (non-hydrogen) atoms. The monoisotopic (exact) mass is 512 g/mol. The summed E-state index contributed by atoms with van der Waals surface area (Å²) >= 11 is 18.9. The van der Waals surface area contributed by atoms with Gasteiger partial charge >= 0.3 is 5.97 Å². The van der Waals surface area contributed by atoms with Crippen LogP contribution in [0.15, 0.2) is 59.0 Å². The minimum atomic E-state index is -0.883. The van der Waals surface area contributed by atoms with Crippen molar-refractivity contribution >= 4 is 51.8 Å². The van der Waals surface area contributed by atoms with Crippen LogP contribution < -0.4 is 0 Å². The van der Waals surface area contributed by atoms with Crippen LogP contribution in [0.1, 0.15) is 12.0 Å². The van der Waals surface area contributed by atoms with E-state index in [-0.39, 0.29) is 6.42 Å². The van der Waals surface area contributed by atoms with Crippen molar-refractivity contribution in [2.24, 2.45) is 0 Å². The number of carbonyl (C=O) groups is 1. The van der Waals surface area contributed by atoms with Gasteiger partial charge in [-0.05, 0) is 66.6 Å². The first-order chi connectivity index (χ1) is 16.4. The molecule has 0 aliphatic carbocycles. The fourth-order valence-corrected chi connectivity index (χ4v) is 4.39. The maximum atomic E-state index is 10.8. The second kappa shape index (κ2) is 9.10. The van der Waals surface area contributed by atoms with E-state index < -0.39 is 5.97 Å². The summed E-state index contributed by atoms with van der Waals surface area (Å²) in [5, 5.41) is 18.6. The van der Waals surface area contributed by atoms with Crippen molar-refractivity contribution in [1.29, 1.82) is 0 Å². The molecule has 0 saturated carbocycles. The molecule has 7 nitrogen and oxygen atoms in total. The van der Waals surface area contributed by atoms with E-state index in [4.69, 9.17) is 44.3 Å². The van der Waals surface area contributed by atoms with E-state index in [1.807, 2.05) is 30.3 Å². The Hall–Kier alpha value is -3.39. The number of H-pyrrole nitrogens is 1. The number of aromatic nitrogens is 4. The number of carboxylic acids is 1. The van der Waals surface area contributed by atoms with Gasteiger partial charge in [0.15, 0.2) is 0 Å². The summed E-state index contributed by atoms with van der Waals surface area (Å²) < 4.78 is 5.84. The van der Waals surface area contributed by atoms with Gasteiger partial charge in [-0.3, -0.25) is 4.79 Å². The molecular formula is C24H15Cl3N4O3. The number of rotatable bonds is 6. The van der Waals surface area contributed by atoms with E-state index in [1.165, 1.54) is 0 Å². The summed E-state index contributed by atoms with van der Waals surface area (Å²) in [7, 11) is 0. The number of hydrogen-bond acceptors (Lipinski definition) is 5. The van der Waals surface area contributed by atoms with Crippen LogP contribution in [0.4, 0.5) is 0 Å². The molecule has 0 unspecified atom stereocenters. The van der Waals surface area contributed by atoms with Crippen LogP contribution in [0, 0.1) is 0 Å². The highest BCUT2D eigenvalue weighted by atomic mass is 35.5. The van der Waals surface area contributed by atoms with Gasteiger partial charge in [-0.2, -0.15) is 0 Å². The summed E-state index contributed by atoms with van der Waals surface area (Å²) in [6.45, 7) is 0. The van der Waals surface area contributed by atoms with E-state index >= 15 is 0 Å². The molecule has 5 rings (SSSR count). The molecule has 2 N–H and O–H groups in total. The van der Waals surface area contributed by atoms with Crippen molar-refractivity contribution < 1.29 is 14.3 Å². The Balaban J connectivity index is 1.46. The zero-order valence-corrected chi connectivity index (χ0v) is 19.6. The first kappa shape index (κ1) is 22.4. The molecule has 0 amide bonds. The molecule has 170 valence electrons. The van der Waals surface area contributed by atoms with Gasteiger partial charge < -0.3 is 14.5 Å². The predicted molar refractivity (Wildman–Crippen MR) is 131 cm³/mol. The highest BCUT2D eigenvalue weighted by molar-refractivity contribution is 6.39. The number of aryl methyl sites for hydroxylation is 1. The van der Waals surface area contributed by atoms with Crippen LogP contribution in [0.5, 0.6) is 0 Å². The summed E-state index contributed by atoms with van der Waals surface area (Å²) in [5.41, 5.74) is 4.22. The first-order valence-corrected chi connectivity index (χ1v) is 11.3. The smallest absolute Gasteiger partial charge is 0.303 e. The average molecular weight is 514 g/mol. The average Bonchev–Trinajstić information content (AvgIpc) is 3.44. The topological polar surface area (TPSA) is 105 Å².